The highest BCUT2D eigenvalue weighted by Gasteiger charge is 2.20. The van der Waals surface area contributed by atoms with Gasteiger partial charge in [0.2, 0.25) is 5.91 Å². The molecule has 2 aromatic carbocycles. The summed E-state index contributed by atoms with van der Waals surface area (Å²) in [5.41, 5.74) is 15.6. The Labute approximate surface area is 190 Å². The molecular weight excluding hydrogens is 421 g/mol. The minimum Gasteiger partial charge on any atom is -0.398 e. The number of benzene rings is 2. The Morgan fingerprint density at radius 1 is 1.12 bits per heavy atom. The van der Waals surface area contributed by atoms with Crippen molar-refractivity contribution in [3.63, 3.8) is 0 Å². The zero-order chi connectivity index (χ0) is 23.3. The number of pyridine rings is 1. The second-order valence-electron chi connectivity index (χ2n) is 8.33. The minimum atomic E-state index is -0.494. The Hall–Kier alpha value is -4.14. The molecule has 4 aromatic rings. The molecule has 0 bridgehead atoms. The molecule has 9 heteroatoms. The summed E-state index contributed by atoms with van der Waals surface area (Å²) in [4.78, 5) is 18.2. The van der Waals surface area contributed by atoms with Crippen molar-refractivity contribution in [2.45, 2.75) is 19.9 Å². The predicted octanol–water partition coefficient (Wildman–Crippen LogP) is 3.47. The van der Waals surface area contributed by atoms with E-state index < -0.39 is 5.82 Å². The summed E-state index contributed by atoms with van der Waals surface area (Å²) in [7, 11) is 1.79. The van der Waals surface area contributed by atoms with Gasteiger partial charge in [-0.25, -0.2) is 9.37 Å². The fourth-order valence-corrected chi connectivity index (χ4v) is 4.15. The zero-order valence-corrected chi connectivity index (χ0v) is 18.4. The lowest BCUT2D eigenvalue weighted by Gasteiger charge is -2.14. The van der Waals surface area contributed by atoms with Crippen LogP contribution in [0.25, 0.3) is 21.9 Å². The molecule has 2 aromatic heterocycles. The van der Waals surface area contributed by atoms with Crippen LogP contribution in [0.15, 0.2) is 42.6 Å². The first-order valence-corrected chi connectivity index (χ1v) is 10.6. The molecule has 1 aliphatic rings. The van der Waals surface area contributed by atoms with Crippen LogP contribution < -0.4 is 16.8 Å². The van der Waals surface area contributed by atoms with E-state index in [0.29, 0.717) is 40.4 Å². The van der Waals surface area contributed by atoms with Crippen molar-refractivity contribution >= 4 is 39.7 Å². The highest BCUT2D eigenvalue weighted by atomic mass is 19.1. The average Bonchev–Trinajstić information content (AvgIpc) is 3.11. The molecule has 168 valence electrons. The predicted molar refractivity (Wildman–Crippen MR) is 128 cm³/mol. The summed E-state index contributed by atoms with van der Waals surface area (Å²) in [6.45, 7) is 2.71. The molecule has 5 N–H and O–H groups in total. The van der Waals surface area contributed by atoms with Crippen LogP contribution >= 0.6 is 0 Å². The molecule has 0 spiro atoms. The molecule has 33 heavy (non-hydrogen) atoms. The SMILES string of the molecule is Cc1c(N)cccc1-c1cc2cc(Nc3cc4n(n3)CC(=O)N(C)CC4)ncc2c(N)c1F. The largest absolute Gasteiger partial charge is 0.398 e. The number of aromatic nitrogens is 3. The van der Waals surface area contributed by atoms with Gasteiger partial charge >= 0.3 is 0 Å². The number of nitrogen functional groups attached to an aromatic ring is 2. The average molecular weight is 446 g/mol. The Morgan fingerprint density at radius 2 is 1.94 bits per heavy atom. The summed E-state index contributed by atoms with van der Waals surface area (Å²) in [5.74, 6) is 0.664. The first-order valence-electron chi connectivity index (χ1n) is 10.6. The molecule has 1 amide bonds. The maximum atomic E-state index is 15.1. The van der Waals surface area contributed by atoms with Crippen LogP contribution in [0, 0.1) is 12.7 Å². The fraction of sp³-hybridized carbons (Fsp3) is 0.208. The van der Waals surface area contributed by atoms with Crippen LogP contribution in [-0.4, -0.2) is 39.2 Å². The number of likely N-dealkylation sites (N-methyl/N-ethyl adjacent to an activating group) is 1. The van der Waals surface area contributed by atoms with E-state index in [1.165, 1.54) is 0 Å². The van der Waals surface area contributed by atoms with Crippen LogP contribution in [0.4, 0.5) is 27.4 Å². The van der Waals surface area contributed by atoms with E-state index in [-0.39, 0.29) is 18.1 Å². The van der Waals surface area contributed by atoms with Gasteiger partial charge in [-0.3, -0.25) is 9.48 Å². The Morgan fingerprint density at radius 3 is 2.76 bits per heavy atom. The number of nitrogens with zero attached hydrogens (tertiary/aromatic N) is 4. The van der Waals surface area contributed by atoms with Crippen molar-refractivity contribution in [3.8, 4) is 11.1 Å². The molecule has 8 nitrogen and oxygen atoms in total. The van der Waals surface area contributed by atoms with Crippen molar-refractivity contribution in [3.05, 3.63) is 59.7 Å². The third-order valence-electron chi connectivity index (χ3n) is 6.20. The lowest BCUT2D eigenvalue weighted by molar-refractivity contribution is -0.130. The highest BCUT2D eigenvalue weighted by molar-refractivity contribution is 5.98. The second-order valence-corrected chi connectivity index (χ2v) is 8.33. The highest BCUT2D eigenvalue weighted by Crippen LogP contribution is 2.36. The first kappa shape index (κ1) is 20.7. The van der Waals surface area contributed by atoms with Gasteiger partial charge in [-0.05, 0) is 41.6 Å². The van der Waals surface area contributed by atoms with Gasteiger partial charge in [0.25, 0.3) is 0 Å². The number of hydrogen-bond donors (Lipinski definition) is 3. The summed E-state index contributed by atoms with van der Waals surface area (Å²) in [6.07, 6.45) is 2.27. The topological polar surface area (TPSA) is 115 Å². The van der Waals surface area contributed by atoms with Gasteiger partial charge in [-0.2, -0.15) is 5.10 Å². The molecule has 0 radical (unpaired) electrons. The number of carbonyl (C=O) groups excluding carboxylic acids is 1. The molecular formula is C24H24FN7O. The quantitative estimate of drug-likeness (QED) is 0.416. The normalized spacial score (nSPS) is 13.8. The molecule has 5 rings (SSSR count). The van der Waals surface area contributed by atoms with E-state index in [4.69, 9.17) is 11.5 Å². The number of hydrogen-bond acceptors (Lipinski definition) is 6. The van der Waals surface area contributed by atoms with E-state index in [1.54, 1.807) is 47.1 Å². The van der Waals surface area contributed by atoms with Gasteiger partial charge in [-0.15, -0.1) is 0 Å². The monoisotopic (exact) mass is 445 g/mol. The van der Waals surface area contributed by atoms with Gasteiger partial charge in [0.05, 0.1) is 5.69 Å². The van der Waals surface area contributed by atoms with Crippen molar-refractivity contribution in [1.29, 1.82) is 0 Å². The van der Waals surface area contributed by atoms with Crippen LogP contribution in [0.1, 0.15) is 11.3 Å². The molecule has 0 fully saturated rings. The number of rotatable bonds is 3. The maximum absolute atomic E-state index is 15.1. The number of anilines is 4. The number of amides is 1. The van der Waals surface area contributed by atoms with E-state index in [9.17, 15) is 4.79 Å². The fourth-order valence-electron chi connectivity index (χ4n) is 4.15. The summed E-state index contributed by atoms with van der Waals surface area (Å²) < 4.78 is 16.9. The van der Waals surface area contributed by atoms with Gasteiger partial charge in [-0.1, -0.05) is 12.1 Å². The number of carbonyl (C=O) groups is 1. The third kappa shape index (κ3) is 3.61. The molecule has 3 heterocycles. The van der Waals surface area contributed by atoms with Crippen molar-refractivity contribution in [2.24, 2.45) is 0 Å². The van der Waals surface area contributed by atoms with Crippen molar-refractivity contribution < 1.29 is 9.18 Å². The van der Waals surface area contributed by atoms with Gasteiger partial charge in [0.15, 0.2) is 11.6 Å². The molecule has 0 unspecified atom stereocenters. The molecule has 1 aliphatic heterocycles. The zero-order valence-electron chi connectivity index (χ0n) is 18.4. The standard InChI is InChI=1S/C24H24FN7O/c1-13-16(4-3-5-19(13)26)17-8-14-9-20(28-11-18(14)24(27)23(17)25)29-21-10-15-6-7-31(2)22(33)12-32(15)30-21/h3-5,8-11H,6-7,12,26-27H2,1-2H3,(H,28,29,30). The number of nitrogens with two attached hydrogens (primary N) is 2. The summed E-state index contributed by atoms with van der Waals surface area (Å²) >= 11 is 0. The minimum absolute atomic E-state index is 0.0223. The van der Waals surface area contributed by atoms with Crippen molar-refractivity contribution in [2.75, 3.05) is 30.4 Å². The van der Waals surface area contributed by atoms with Gasteiger partial charge in [0, 0.05) is 54.6 Å². The molecule has 0 aliphatic carbocycles. The van der Waals surface area contributed by atoms with Gasteiger partial charge < -0.3 is 21.7 Å². The summed E-state index contributed by atoms with van der Waals surface area (Å²) in [6, 6.07) is 10.9. The van der Waals surface area contributed by atoms with E-state index >= 15 is 4.39 Å². The lowest BCUT2D eigenvalue weighted by Crippen LogP contribution is -2.29. The number of halogens is 1. The van der Waals surface area contributed by atoms with E-state index in [0.717, 1.165) is 23.1 Å². The first-order chi connectivity index (χ1) is 15.8. The van der Waals surface area contributed by atoms with Crippen LogP contribution in [0.2, 0.25) is 0 Å². The smallest absolute Gasteiger partial charge is 0.244 e. The van der Waals surface area contributed by atoms with Crippen LogP contribution in [0.5, 0.6) is 0 Å². The molecule has 0 atom stereocenters. The number of fused-ring (bicyclic) bond motifs is 2. The third-order valence-corrected chi connectivity index (χ3v) is 6.20. The Kier molecular flexibility index (Phi) is 4.88. The summed E-state index contributed by atoms with van der Waals surface area (Å²) in [5, 5.41) is 8.96. The van der Waals surface area contributed by atoms with Crippen molar-refractivity contribution in [1.82, 2.24) is 19.7 Å². The van der Waals surface area contributed by atoms with Crippen LogP contribution in [0.3, 0.4) is 0 Å². The van der Waals surface area contributed by atoms with Crippen LogP contribution in [-0.2, 0) is 17.8 Å². The molecule has 0 saturated heterocycles. The maximum Gasteiger partial charge on any atom is 0.244 e. The Bertz CT molecular complexity index is 1410. The lowest BCUT2D eigenvalue weighted by atomic mass is 9.95. The molecule has 0 saturated carbocycles. The van der Waals surface area contributed by atoms with Gasteiger partial charge in [0.1, 0.15) is 12.4 Å². The van der Waals surface area contributed by atoms with E-state index in [1.807, 2.05) is 19.1 Å². The Balaban J connectivity index is 1.52. The number of nitrogens with one attached hydrogen (secondary N) is 1. The van der Waals surface area contributed by atoms with E-state index in [2.05, 4.69) is 15.4 Å². The second kappa shape index (κ2) is 7.77.